The van der Waals surface area contributed by atoms with Crippen molar-refractivity contribution in [2.24, 2.45) is 0 Å². The lowest BCUT2D eigenvalue weighted by molar-refractivity contribution is 0.457. The van der Waals surface area contributed by atoms with Crippen molar-refractivity contribution in [1.29, 1.82) is 0 Å². The van der Waals surface area contributed by atoms with Crippen molar-refractivity contribution < 1.29 is 15.3 Å². The van der Waals surface area contributed by atoms with Crippen LogP contribution in [0.25, 0.3) is 0 Å². The summed E-state index contributed by atoms with van der Waals surface area (Å²) >= 11 is 0. The Balaban J connectivity index is 2.02. The number of aryl methyl sites for hydroxylation is 3. The molecule has 0 unspecified atom stereocenters. The van der Waals surface area contributed by atoms with Gasteiger partial charge in [0.25, 0.3) is 0 Å². The van der Waals surface area contributed by atoms with Crippen molar-refractivity contribution in [2.75, 3.05) is 11.5 Å². The monoisotopic (exact) mass is 378 g/mol. The molecule has 0 saturated heterocycles. The first kappa shape index (κ1) is 19.4. The molecule has 0 heterocycles. The molecule has 28 heavy (non-hydrogen) atoms. The summed E-state index contributed by atoms with van der Waals surface area (Å²) < 4.78 is 0. The highest BCUT2D eigenvalue weighted by atomic mass is 16.3. The average molecular weight is 378 g/mol. The summed E-state index contributed by atoms with van der Waals surface area (Å²) in [5.74, 6) is 0.221. The number of hydrogen-bond acceptors (Lipinski definition) is 5. The van der Waals surface area contributed by atoms with Crippen LogP contribution in [0, 0.1) is 20.8 Å². The number of aromatic hydroxyl groups is 3. The molecule has 3 aromatic rings. The van der Waals surface area contributed by atoms with Gasteiger partial charge >= 0.3 is 0 Å². The molecule has 0 amide bonds. The van der Waals surface area contributed by atoms with Gasteiger partial charge < -0.3 is 26.8 Å². The van der Waals surface area contributed by atoms with Gasteiger partial charge in [-0.1, -0.05) is 29.8 Å². The number of phenols is 3. The van der Waals surface area contributed by atoms with Crippen LogP contribution in [0.15, 0.2) is 36.4 Å². The quantitative estimate of drug-likeness (QED) is 0.347. The number of rotatable bonds is 4. The maximum Gasteiger partial charge on any atom is 0.142 e. The van der Waals surface area contributed by atoms with Crippen LogP contribution in [0.1, 0.15) is 38.9 Å². The predicted octanol–water partition coefficient (Wildman–Crippen LogP) is 4.07. The summed E-state index contributed by atoms with van der Waals surface area (Å²) in [5.41, 5.74) is 17.9. The number of hydrogen-bond donors (Lipinski definition) is 5. The van der Waals surface area contributed by atoms with E-state index in [-0.39, 0.29) is 17.2 Å². The maximum atomic E-state index is 10.9. The minimum atomic E-state index is 0.0390. The molecule has 0 aliphatic heterocycles. The van der Waals surface area contributed by atoms with Crippen LogP contribution in [-0.2, 0) is 12.8 Å². The van der Waals surface area contributed by atoms with Gasteiger partial charge in [0.1, 0.15) is 17.2 Å². The fourth-order valence-corrected chi connectivity index (χ4v) is 3.65. The number of nitrogen functional groups attached to an aromatic ring is 2. The molecule has 3 aromatic carbocycles. The number of benzene rings is 3. The zero-order valence-corrected chi connectivity index (χ0v) is 16.4. The topological polar surface area (TPSA) is 113 Å². The number of anilines is 2. The van der Waals surface area contributed by atoms with Crippen LogP contribution < -0.4 is 11.5 Å². The smallest absolute Gasteiger partial charge is 0.142 e. The molecule has 0 fully saturated rings. The van der Waals surface area contributed by atoms with Gasteiger partial charge in [0.2, 0.25) is 0 Å². The highest BCUT2D eigenvalue weighted by Gasteiger charge is 2.15. The van der Waals surface area contributed by atoms with E-state index in [1.807, 2.05) is 45.0 Å². The number of phenolic OH excluding ortho intramolecular Hbond substituents is 3. The first-order valence-electron chi connectivity index (χ1n) is 9.13. The SMILES string of the molecule is Cc1cc(N)c(O)c(Cc2cc(C)cc(Cc3cc(C)cc(N)c3O)c2O)c1. The van der Waals surface area contributed by atoms with E-state index in [2.05, 4.69) is 0 Å². The summed E-state index contributed by atoms with van der Waals surface area (Å²) in [7, 11) is 0. The zero-order chi connectivity index (χ0) is 20.6. The Labute approximate surface area is 164 Å². The highest BCUT2D eigenvalue weighted by molar-refractivity contribution is 5.61. The van der Waals surface area contributed by atoms with E-state index in [4.69, 9.17) is 11.5 Å². The fourth-order valence-electron chi connectivity index (χ4n) is 3.65. The molecular formula is C23H26N2O3. The largest absolute Gasteiger partial charge is 0.507 e. The van der Waals surface area contributed by atoms with Gasteiger partial charge in [-0.25, -0.2) is 0 Å². The van der Waals surface area contributed by atoms with Crippen LogP contribution in [0.3, 0.4) is 0 Å². The second kappa shape index (κ2) is 7.35. The lowest BCUT2D eigenvalue weighted by Gasteiger charge is -2.15. The molecule has 146 valence electrons. The van der Waals surface area contributed by atoms with Crippen molar-refractivity contribution in [2.45, 2.75) is 33.6 Å². The summed E-state index contributed by atoms with van der Waals surface area (Å²) in [4.78, 5) is 0. The molecule has 0 bridgehead atoms. The summed E-state index contributed by atoms with van der Waals surface area (Å²) in [6.07, 6.45) is 0.695. The maximum absolute atomic E-state index is 10.9. The Hall–Kier alpha value is -3.34. The van der Waals surface area contributed by atoms with Gasteiger partial charge in [0.05, 0.1) is 11.4 Å². The van der Waals surface area contributed by atoms with E-state index in [1.165, 1.54) is 0 Å². The molecule has 0 aliphatic rings. The second-order valence-electron chi connectivity index (χ2n) is 7.51. The third-order valence-electron chi connectivity index (χ3n) is 4.90. The van der Waals surface area contributed by atoms with E-state index in [1.54, 1.807) is 12.1 Å². The summed E-state index contributed by atoms with van der Waals surface area (Å²) in [6, 6.07) is 10.9. The van der Waals surface area contributed by atoms with Crippen LogP contribution in [0.2, 0.25) is 0 Å². The lowest BCUT2D eigenvalue weighted by atomic mass is 9.93. The molecule has 0 aromatic heterocycles. The van der Waals surface area contributed by atoms with Crippen LogP contribution in [0.5, 0.6) is 17.2 Å². The van der Waals surface area contributed by atoms with Crippen LogP contribution >= 0.6 is 0 Å². The first-order chi connectivity index (χ1) is 13.2. The second-order valence-corrected chi connectivity index (χ2v) is 7.51. The van der Waals surface area contributed by atoms with E-state index in [0.717, 1.165) is 16.7 Å². The highest BCUT2D eigenvalue weighted by Crippen LogP contribution is 2.35. The summed E-state index contributed by atoms with van der Waals surface area (Å²) in [6.45, 7) is 5.76. The Morgan fingerprint density at radius 3 is 1.18 bits per heavy atom. The van der Waals surface area contributed by atoms with E-state index < -0.39 is 0 Å². The van der Waals surface area contributed by atoms with Crippen molar-refractivity contribution in [3.63, 3.8) is 0 Å². The third-order valence-corrected chi connectivity index (χ3v) is 4.90. The van der Waals surface area contributed by atoms with Crippen molar-refractivity contribution in [3.05, 3.63) is 75.3 Å². The van der Waals surface area contributed by atoms with Crippen molar-refractivity contribution in [3.8, 4) is 17.2 Å². The molecule has 7 N–H and O–H groups in total. The molecule has 0 atom stereocenters. The van der Waals surface area contributed by atoms with E-state index >= 15 is 0 Å². The fraction of sp³-hybridized carbons (Fsp3) is 0.217. The van der Waals surface area contributed by atoms with Gasteiger partial charge in [-0.15, -0.1) is 0 Å². The molecule has 5 nitrogen and oxygen atoms in total. The Morgan fingerprint density at radius 2 is 0.821 bits per heavy atom. The normalized spacial score (nSPS) is 11.0. The van der Waals surface area contributed by atoms with Crippen LogP contribution in [0.4, 0.5) is 11.4 Å². The third kappa shape index (κ3) is 3.83. The van der Waals surface area contributed by atoms with Gasteiger partial charge in [0, 0.05) is 24.0 Å². The van der Waals surface area contributed by atoms with Gasteiger partial charge in [-0.2, -0.15) is 0 Å². The van der Waals surface area contributed by atoms with E-state index in [9.17, 15) is 15.3 Å². The van der Waals surface area contributed by atoms with Gasteiger partial charge in [-0.05, 0) is 55.2 Å². The van der Waals surface area contributed by atoms with Crippen LogP contribution in [-0.4, -0.2) is 15.3 Å². The molecule has 0 aliphatic carbocycles. The molecule has 0 radical (unpaired) electrons. The molecular weight excluding hydrogens is 352 g/mol. The van der Waals surface area contributed by atoms with Crippen molar-refractivity contribution >= 4 is 11.4 Å². The molecule has 0 saturated carbocycles. The van der Waals surface area contributed by atoms with Gasteiger partial charge in [0.15, 0.2) is 0 Å². The minimum absolute atomic E-state index is 0.0390. The van der Waals surface area contributed by atoms with E-state index in [0.29, 0.717) is 46.5 Å². The molecule has 0 spiro atoms. The molecule has 5 heteroatoms. The Kier molecular flexibility index (Phi) is 5.10. The first-order valence-corrected chi connectivity index (χ1v) is 9.13. The number of nitrogens with two attached hydrogens (primary N) is 2. The minimum Gasteiger partial charge on any atom is -0.507 e. The lowest BCUT2D eigenvalue weighted by Crippen LogP contribution is -1.99. The Morgan fingerprint density at radius 1 is 0.536 bits per heavy atom. The van der Waals surface area contributed by atoms with Crippen molar-refractivity contribution in [1.82, 2.24) is 0 Å². The average Bonchev–Trinajstić information content (AvgIpc) is 2.60. The summed E-state index contributed by atoms with van der Waals surface area (Å²) in [5, 5.41) is 31.5. The van der Waals surface area contributed by atoms with Gasteiger partial charge in [-0.3, -0.25) is 0 Å². The Bertz CT molecular complexity index is 978. The zero-order valence-electron chi connectivity index (χ0n) is 16.4. The standard InChI is InChI=1S/C23H26N2O3/c1-12-4-15(10-17-6-13(2)8-19(24)22(17)27)21(26)16(5-12)11-18-7-14(3)9-20(25)23(18)28/h4-9,26-28H,10-11,24-25H2,1-3H3. The predicted molar refractivity (Wildman–Crippen MR) is 113 cm³/mol. The molecule has 3 rings (SSSR count).